The molecule has 0 saturated heterocycles. The van der Waals surface area contributed by atoms with E-state index in [-0.39, 0.29) is 17.7 Å². The summed E-state index contributed by atoms with van der Waals surface area (Å²) in [5, 5.41) is 2.85. The van der Waals surface area contributed by atoms with Crippen molar-refractivity contribution in [3.63, 3.8) is 0 Å². The second-order valence-corrected chi connectivity index (χ2v) is 6.89. The first-order valence-corrected chi connectivity index (χ1v) is 8.80. The van der Waals surface area contributed by atoms with Crippen molar-refractivity contribution >= 4 is 23.3 Å². The maximum atomic E-state index is 12.9. The summed E-state index contributed by atoms with van der Waals surface area (Å²) in [5.74, 6) is -0.705. The predicted molar refractivity (Wildman–Crippen MR) is 94.3 cm³/mol. The molecule has 0 atom stereocenters. The quantitative estimate of drug-likeness (QED) is 0.670. The third-order valence-electron chi connectivity index (χ3n) is 5.11. The van der Waals surface area contributed by atoms with Gasteiger partial charge in [0, 0.05) is 16.8 Å². The van der Waals surface area contributed by atoms with E-state index in [1.165, 1.54) is 6.92 Å². The number of Topliss-reactive ketones (excluding diaryl/α,β-unsaturated/α-hetero) is 1. The van der Waals surface area contributed by atoms with Crippen LogP contribution in [0.4, 0.5) is 5.69 Å². The highest BCUT2D eigenvalue weighted by Gasteiger charge is 2.48. The number of ketones is 1. The Bertz CT molecular complexity index is 737. The van der Waals surface area contributed by atoms with Gasteiger partial charge in [-0.3, -0.25) is 9.59 Å². The van der Waals surface area contributed by atoms with E-state index in [0.717, 1.165) is 25.7 Å². The van der Waals surface area contributed by atoms with Crippen LogP contribution in [-0.2, 0) is 14.3 Å². The molecule has 5 heteroatoms. The van der Waals surface area contributed by atoms with Gasteiger partial charge in [-0.05, 0) is 63.8 Å². The van der Waals surface area contributed by atoms with E-state index in [1.807, 2.05) is 0 Å². The standard InChI is InChI=1S/C20H23NO4/c1-13-17(20(25-19(13)24)11-5-3-4-6-12-20)18(23)21-16-9-7-15(8-10-16)14(2)22/h7-10H,3-6,11-12H2,1-2H3,(H,21,23). The van der Waals surface area contributed by atoms with Gasteiger partial charge in [-0.15, -0.1) is 0 Å². The van der Waals surface area contributed by atoms with E-state index >= 15 is 0 Å². The van der Waals surface area contributed by atoms with Gasteiger partial charge >= 0.3 is 5.97 Å². The highest BCUT2D eigenvalue weighted by atomic mass is 16.6. The van der Waals surface area contributed by atoms with Crippen LogP contribution >= 0.6 is 0 Å². The van der Waals surface area contributed by atoms with Crippen molar-refractivity contribution in [1.29, 1.82) is 0 Å². The third-order valence-corrected chi connectivity index (χ3v) is 5.11. The number of hydrogen-bond acceptors (Lipinski definition) is 4. The zero-order chi connectivity index (χ0) is 18.0. The number of carbonyl (C=O) groups is 3. The van der Waals surface area contributed by atoms with Crippen LogP contribution in [0.25, 0.3) is 0 Å². The van der Waals surface area contributed by atoms with Crippen molar-refractivity contribution < 1.29 is 19.1 Å². The molecule has 1 amide bonds. The Morgan fingerprint density at radius 3 is 2.20 bits per heavy atom. The van der Waals surface area contributed by atoms with Gasteiger partial charge in [-0.2, -0.15) is 0 Å². The lowest BCUT2D eigenvalue weighted by atomic mass is 9.84. The summed E-state index contributed by atoms with van der Waals surface area (Å²) in [7, 11) is 0. The highest BCUT2D eigenvalue weighted by molar-refractivity contribution is 6.12. The smallest absolute Gasteiger partial charge is 0.335 e. The molecule has 1 heterocycles. The fraction of sp³-hybridized carbons (Fsp3) is 0.450. The third kappa shape index (κ3) is 3.36. The van der Waals surface area contributed by atoms with Crippen LogP contribution in [0, 0.1) is 0 Å². The Morgan fingerprint density at radius 1 is 1.04 bits per heavy atom. The summed E-state index contributed by atoms with van der Waals surface area (Å²) in [6.07, 6.45) is 5.49. The molecule has 1 N–H and O–H groups in total. The van der Waals surface area contributed by atoms with Gasteiger partial charge < -0.3 is 10.1 Å². The number of anilines is 1. The average Bonchev–Trinajstić information content (AvgIpc) is 2.72. The fourth-order valence-electron chi connectivity index (χ4n) is 3.76. The minimum Gasteiger partial charge on any atom is -0.451 e. The Balaban J connectivity index is 1.85. The van der Waals surface area contributed by atoms with Crippen LogP contribution in [0.2, 0.25) is 0 Å². The van der Waals surface area contributed by atoms with Crippen LogP contribution in [0.3, 0.4) is 0 Å². The second kappa shape index (κ2) is 6.82. The zero-order valence-corrected chi connectivity index (χ0v) is 14.7. The number of amides is 1. The summed E-state index contributed by atoms with van der Waals surface area (Å²) >= 11 is 0. The summed E-state index contributed by atoms with van der Waals surface area (Å²) in [6.45, 7) is 3.16. The topological polar surface area (TPSA) is 72.5 Å². The fourth-order valence-corrected chi connectivity index (χ4v) is 3.76. The van der Waals surface area contributed by atoms with E-state index in [0.29, 0.717) is 35.2 Å². The molecule has 1 aliphatic carbocycles. The van der Waals surface area contributed by atoms with Gasteiger partial charge in [0.25, 0.3) is 5.91 Å². The van der Waals surface area contributed by atoms with Crippen LogP contribution in [0.1, 0.15) is 62.7 Å². The molecule has 0 bridgehead atoms. The van der Waals surface area contributed by atoms with E-state index in [9.17, 15) is 14.4 Å². The van der Waals surface area contributed by atoms with Gasteiger partial charge in [0.15, 0.2) is 5.78 Å². The lowest BCUT2D eigenvalue weighted by Gasteiger charge is -2.29. The molecule has 5 nitrogen and oxygen atoms in total. The van der Waals surface area contributed by atoms with E-state index in [1.54, 1.807) is 31.2 Å². The predicted octanol–water partition coefficient (Wildman–Crippen LogP) is 3.79. The first-order valence-electron chi connectivity index (χ1n) is 8.80. The van der Waals surface area contributed by atoms with Gasteiger partial charge in [0.05, 0.1) is 5.57 Å². The molecule has 25 heavy (non-hydrogen) atoms. The number of nitrogens with one attached hydrogen (secondary N) is 1. The molecule has 0 aromatic heterocycles. The monoisotopic (exact) mass is 341 g/mol. The van der Waals surface area contributed by atoms with Crippen molar-refractivity contribution in [2.24, 2.45) is 0 Å². The Morgan fingerprint density at radius 2 is 1.64 bits per heavy atom. The Kier molecular flexibility index (Phi) is 4.75. The molecular weight excluding hydrogens is 318 g/mol. The van der Waals surface area contributed by atoms with Crippen molar-refractivity contribution in [3.05, 3.63) is 41.0 Å². The molecular formula is C20H23NO4. The van der Waals surface area contributed by atoms with Crippen LogP contribution < -0.4 is 5.32 Å². The van der Waals surface area contributed by atoms with Crippen molar-refractivity contribution in [2.75, 3.05) is 5.32 Å². The maximum Gasteiger partial charge on any atom is 0.335 e. The van der Waals surface area contributed by atoms with Gasteiger partial charge in [-0.25, -0.2) is 4.79 Å². The molecule has 1 spiro atoms. The number of benzene rings is 1. The summed E-state index contributed by atoms with van der Waals surface area (Å²) in [6, 6.07) is 6.75. The summed E-state index contributed by atoms with van der Waals surface area (Å²) in [5.41, 5.74) is 1.28. The number of rotatable bonds is 3. The van der Waals surface area contributed by atoms with Gasteiger partial charge in [0.2, 0.25) is 0 Å². The lowest BCUT2D eigenvalue weighted by Crippen LogP contribution is -2.36. The highest BCUT2D eigenvalue weighted by Crippen LogP contribution is 2.43. The number of ether oxygens (including phenoxy) is 1. The number of carbonyl (C=O) groups excluding carboxylic acids is 3. The Hall–Kier alpha value is -2.43. The second-order valence-electron chi connectivity index (χ2n) is 6.89. The summed E-state index contributed by atoms with van der Waals surface area (Å²) in [4.78, 5) is 36.4. The zero-order valence-electron chi connectivity index (χ0n) is 14.7. The van der Waals surface area contributed by atoms with Crippen LogP contribution in [0.15, 0.2) is 35.4 Å². The summed E-state index contributed by atoms with van der Waals surface area (Å²) < 4.78 is 5.69. The van der Waals surface area contributed by atoms with Crippen molar-refractivity contribution in [3.8, 4) is 0 Å². The average molecular weight is 341 g/mol. The van der Waals surface area contributed by atoms with Crippen LogP contribution in [-0.4, -0.2) is 23.3 Å². The van der Waals surface area contributed by atoms with Crippen molar-refractivity contribution in [2.45, 2.75) is 58.0 Å². The normalized spacial score (nSPS) is 19.5. The minimum absolute atomic E-state index is 0.0244. The molecule has 1 aromatic rings. The number of hydrogen-bond donors (Lipinski definition) is 1. The molecule has 1 fully saturated rings. The largest absolute Gasteiger partial charge is 0.451 e. The molecule has 3 rings (SSSR count). The van der Waals surface area contributed by atoms with Gasteiger partial charge in [0.1, 0.15) is 5.60 Å². The molecule has 1 saturated carbocycles. The molecule has 0 radical (unpaired) electrons. The molecule has 1 aliphatic heterocycles. The van der Waals surface area contributed by atoms with Gasteiger partial charge in [-0.1, -0.05) is 12.8 Å². The van der Waals surface area contributed by atoms with E-state index < -0.39 is 5.60 Å². The molecule has 132 valence electrons. The lowest BCUT2D eigenvalue weighted by molar-refractivity contribution is -0.148. The number of esters is 1. The maximum absolute atomic E-state index is 12.9. The minimum atomic E-state index is -0.777. The first-order chi connectivity index (χ1) is 11.9. The van der Waals surface area contributed by atoms with Crippen LogP contribution in [0.5, 0.6) is 0 Å². The Labute approximate surface area is 147 Å². The van der Waals surface area contributed by atoms with E-state index in [2.05, 4.69) is 5.32 Å². The SMILES string of the molecule is CC(=O)c1ccc(NC(=O)C2=C(C)C(=O)OC23CCCCCC3)cc1. The van der Waals surface area contributed by atoms with E-state index in [4.69, 9.17) is 4.74 Å². The first kappa shape index (κ1) is 17.4. The molecule has 0 unspecified atom stereocenters. The molecule has 2 aliphatic rings. The van der Waals surface area contributed by atoms with Crippen molar-refractivity contribution in [1.82, 2.24) is 0 Å². The molecule has 1 aromatic carbocycles.